The van der Waals surface area contributed by atoms with E-state index in [4.69, 9.17) is 11.6 Å². The zero-order chi connectivity index (χ0) is 12.7. The normalized spacial score (nSPS) is 11.2. The highest BCUT2D eigenvalue weighted by molar-refractivity contribution is 7.17. The summed E-state index contributed by atoms with van der Waals surface area (Å²) >= 11 is 8.58. The zero-order valence-electron chi connectivity index (χ0n) is 9.38. The second-order valence-electron chi connectivity index (χ2n) is 3.85. The van der Waals surface area contributed by atoms with Crippen LogP contribution in [0.3, 0.4) is 0 Å². The Labute approximate surface area is 116 Å². The summed E-state index contributed by atoms with van der Waals surface area (Å²) < 4.78 is 2.77. The van der Waals surface area contributed by atoms with Gasteiger partial charge in [0.15, 0.2) is 4.47 Å². The Balaban J connectivity index is 2.07. The first-order chi connectivity index (χ1) is 8.65. The third-order valence-electron chi connectivity index (χ3n) is 2.58. The minimum atomic E-state index is -0.0115. The summed E-state index contributed by atoms with van der Waals surface area (Å²) in [6, 6.07) is 0. The van der Waals surface area contributed by atoms with Gasteiger partial charge in [0.05, 0.1) is 18.4 Å². The molecule has 0 amide bonds. The van der Waals surface area contributed by atoms with Crippen molar-refractivity contribution in [3.63, 3.8) is 0 Å². The van der Waals surface area contributed by atoms with Crippen molar-refractivity contribution >= 4 is 44.5 Å². The summed E-state index contributed by atoms with van der Waals surface area (Å²) in [5.74, 6) is 0. The van der Waals surface area contributed by atoms with E-state index < -0.39 is 0 Å². The van der Waals surface area contributed by atoms with Crippen LogP contribution in [0.1, 0.15) is 10.4 Å². The maximum Gasteiger partial charge on any atom is 0.271 e. The molecule has 0 N–H and O–H groups in total. The number of rotatable bonds is 2. The minimum Gasteiger partial charge on any atom is -0.293 e. The topological polar surface area (TPSA) is 47.8 Å². The lowest BCUT2D eigenvalue weighted by Crippen LogP contribution is -2.19. The highest BCUT2D eigenvalue weighted by Gasteiger charge is 2.09. The van der Waals surface area contributed by atoms with Crippen LogP contribution in [-0.4, -0.2) is 14.5 Å². The molecule has 0 saturated carbocycles. The minimum absolute atomic E-state index is 0.0115. The van der Waals surface area contributed by atoms with Crippen molar-refractivity contribution in [1.29, 1.82) is 0 Å². The van der Waals surface area contributed by atoms with E-state index in [1.54, 1.807) is 17.1 Å². The van der Waals surface area contributed by atoms with Gasteiger partial charge in [-0.15, -0.1) is 22.7 Å². The summed E-state index contributed by atoms with van der Waals surface area (Å²) in [6.45, 7) is 2.42. The standard InChI is InChI=1S/C11H8ClN3OS2/c1-6-4-17-9-8(6)14-5-15(10(9)16)3-7-2-13-11(12)18-7/h2,4-5H,3H2,1H3. The van der Waals surface area contributed by atoms with Gasteiger partial charge in [-0.1, -0.05) is 11.6 Å². The molecule has 0 bridgehead atoms. The zero-order valence-corrected chi connectivity index (χ0v) is 11.8. The van der Waals surface area contributed by atoms with Crippen LogP contribution in [0.4, 0.5) is 0 Å². The fraction of sp³-hybridized carbons (Fsp3) is 0.182. The Bertz CT molecular complexity index is 774. The second kappa shape index (κ2) is 4.46. The fourth-order valence-corrected chi connectivity index (χ4v) is 3.62. The van der Waals surface area contributed by atoms with Gasteiger partial charge in [-0.3, -0.25) is 9.36 Å². The molecule has 92 valence electrons. The van der Waals surface area contributed by atoms with Crippen molar-refractivity contribution in [1.82, 2.24) is 14.5 Å². The van der Waals surface area contributed by atoms with Crippen molar-refractivity contribution < 1.29 is 0 Å². The molecule has 0 atom stereocenters. The number of hydrogen-bond donors (Lipinski definition) is 0. The van der Waals surface area contributed by atoms with Crippen LogP contribution in [0.2, 0.25) is 4.47 Å². The molecular weight excluding hydrogens is 290 g/mol. The van der Waals surface area contributed by atoms with E-state index in [9.17, 15) is 4.79 Å². The van der Waals surface area contributed by atoms with Crippen LogP contribution >= 0.6 is 34.3 Å². The first kappa shape index (κ1) is 11.8. The highest BCUT2D eigenvalue weighted by atomic mass is 35.5. The Kier molecular flexibility index (Phi) is 2.93. The molecule has 3 heterocycles. The molecule has 3 aromatic rings. The maximum atomic E-state index is 12.2. The SMILES string of the molecule is Cc1csc2c(=O)n(Cc3cnc(Cl)s3)cnc12. The largest absolute Gasteiger partial charge is 0.293 e. The van der Waals surface area contributed by atoms with Crippen molar-refractivity contribution in [3.05, 3.63) is 43.2 Å². The van der Waals surface area contributed by atoms with Crippen LogP contribution in [0.15, 0.2) is 22.7 Å². The van der Waals surface area contributed by atoms with Gasteiger partial charge in [0.1, 0.15) is 4.70 Å². The summed E-state index contributed by atoms with van der Waals surface area (Å²) in [4.78, 5) is 21.5. The molecule has 0 aromatic carbocycles. The lowest BCUT2D eigenvalue weighted by atomic mass is 10.3. The number of thiophene rings is 1. The number of aryl methyl sites for hydroxylation is 1. The molecule has 0 fully saturated rings. The monoisotopic (exact) mass is 297 g/mol. The predicted molar refractivity (Wildman–Crippen MR) is 74.8 cm³/mol. The van der Waals surface area contributed by atoms with E-state index in [1.165, 1.54) is 22.7 Å². The number of fused-ring (bicyclic) bond motifs is 1. The molecule has 18 heavy (non-hydrogen) atoms. The summed E-state index contributed by atoms with van der Waals surface area (Å²) in [7, 11) is 0. The third-order valence-corrected chi connectivity index (χ3v) is 4.75. The Hall–Kier alpha value is -1.24. The van der Waals surface area contributed by atoms with Crippen LogP contribution in [0.25, 0.3) is 10.2 Å². The fourth-order valence-electron chi connectivity index (χ4n) is 1.70. The van der Waals surface area contributed by atoms with Gasteiger partial charge in [0.25, 0.3) is 5.56 Å². The first-order valence-electron chi connectivity index (χ1n) is 5.18. The molecule has 7 heteroatoms. The average molecular weight is 298 g/mol. The molecule has 0 aliphatic carbocycles. The van der Waals surface area contributed by atoms with Gasteiger partial charge in [0.2, 0.25) is 0 Å². The summed E-state index contributed by atoms with van der Waals surface area (Å²) in [5, 5.41) is 1.95. The number of halogens is 1. The molecule has 0 unspecified atom stereocenters. The first-order valence-corrected chi connectivity index (χ1v) is 7.26. The van der Waals surface area contributed by atoms with Gasteiger partial charge in [0, 0.05) is 11.1 Å². The van der Waals surface area contributed by atoms with E-state index in [0.29, 0.717) is 15.7 Å². The maximum absolute atomic E-state index is 12.2. The molecule has 0 aliphatic heterocycles. The number of thiazole rings is 1. The van der Waals surface area contributed by atoms with Crippen LogP contribution in [0, 0.1) is 6.92 Å². The Morgan fingerprint density at radius 3 is 3.00 bits per heavy atom. The van der Waals surface area contributed by atoms with E-state index in [1.807, 2.05) is 12.3 Å². The van der Waals surface area contributed by atoms with Gasteiger partial charge < -0.3 is 0 Å². The molecular formula is C11H8ClN3OS2. The highest BCUT2D eigenvalue weighted by Crippen LogP contribution is 2.21. The van der Waals surface area contributed by atoms with Gasteiger partial charge >= 0.3 is 0 Å². The number of nitrogens with zero attached hydrogens (tertiary/aromatic N) is 3. The molecule has 0 spiro atoms. The molecule has 0 radical (unpaired) electrons. The molecule has 0 aliphatic rings. The predicted octanol–water partition coefficient (Wildman–Crippen LogP) is 2.92. The number of hydrogen-bond acceptors (Lipinski definition) is 5. The van der Waals surface area contributed by atoms with Crippen molar-refractivity contribution in [2.45, 2.75) is 13.5 Å². The Morgan fingerprint density at radius 2 is 2.28 bits per heavy atom. The lowest BCUT2D eigenvalue weighted by Gasteiger charge is -2.02. The number of aromatic nitrogens is 3. The van der Waals surface area contributed by atoms with Gasteiger partial charge in [-0.25, -0.2) is 9.97 Å². The molecule has 0 saturated heterocycles. The van der Waals surface area contributed by atoms with E-state index in [0.717, 1.165) is 16.0 Å². The van der Waals surface area contributed by atoms with E-state index in [-0.39, 0.29) is 5.56 Å². The smallest absolute Gasteiger partial charge is 0.271 e. The van der Waals surface area contributed by atoms with Gasteiger partial charge in [-0.2, -0.15) is 0 Å². The molecule has 3 aromatic heterocycles. The molecule has 4 nitrogen and oxygen atoms in total. The summed E-state index contributed by atoms with van der Waals surface area (Å²) in [6.07, 6.45) is 3.27. The Morgan fingerprint density at radius 1 is 1.44 bits per heavy atom. The van der Waals surface area contributed by atoms with Crippen molar-refractivity contribution in [2.24, 2.45) is 0 Å². The van der Waals surface area contributed by atoms with Crippen LogP contribution < -0.4 is 5.56 Å². The van der Waals surface area contributed by atoms with Crippen molar-refractivity contribution in [3.8, 4) is 0 Å². The average Bonchev–Trinajstić information content (AvgIpc) is 2.91. The quantitative estimate of drug-likeness (QED) is 0.731. The van der Waals surface area contributed by atoms with Crippen LogP contribution in [0.5, 0.6) is 0 Å². The van der Waals surface area contributed by atoms with E-state index in [2.05, 4.69) is 9.97 Å². The van der Waals surface area contributed by atoms with E-state index >= 15 is 0 Å². The summed E-state index contributed by atoms with van der Waals surface area (Å²) in [5.41, 5.74) is 1.83. The van der Waals surface area contributed by atoms with Crippen LogP contribution in [-0.2, 0) is 6.54 Å². The lowest BCUT2D eigenvalue weighted by molar-refractivity contribution is 0.758. The second-order valence-corrected chi connectivity index (χ2v) is 6.43. The van der Waals surface area contributed by atoms with Gasteiger partial charge in [-0.05, 0) is 17.9 Å². The molecule has 3 rings (SSSR count). The third kappa shape index (κ3) is 1.96. The van der Waals surface area contributed by atoms with Crippen molar-refractivity contribution in [2.75, 3.05) is 0 Å².